The fourth-order valence-corrected chi connectivity index (χ4v) is 3.56. The maximum absolute atomic E-state index is 13.0. The Balaban J connectivity index is 1.59. The number of amides is 3. The van der Waals surface area contributed by atoms with Crippen molar-refractivity contribution in [1.29, 1.82) is 0 Å². The van der Waals surface area contributed by atoms with E-state index in [4.69, 9.17) is 11.6 Å². The zero-order valence-electron chi connectivity index (χ0n) is 15.7. The Labute approximate surface area is 168 Å². The van der Waals surface area contributed by atoms with E-state index in [9.17, 15) is 14.0 Å². The van der Waals surface area contributed by atoms with Crippen molar-refractivity contribution in [2.24, 2.45) is 5.41 Å². The average molecular weight is 404 g/mol. The summed E-state index contributed by atoms with van der Waals surface area (Å²) in [6, 6.07) is 12.7. The lowest BCUT2D eigenvalue weighted by atomic mass is 9.81. The third-order valence-corrected chi connectivity index (χ3v) is 5.21. The summed E-state index contributed by atoms with van der Waals surface area (Å²) in [6.07, 6.45) is 1.44. The maximum Gasteiger partial charge on any atom is 0.321 e. The summed E-state index contributed by atoms with van der Waals surface area (Å²) in [7, 11) is 0. The number of nitrogens with zero attached hydrogens (tertiary/aromatic N) is 1. The zero-order valence-corrected chi connectivity index (χ0v) is 16.4. The van der Waals surface area contributed by atoms with E-state index < -0.39 is 5.41 Å². The van der Waals surface area contributed by atoms with E-state index in [0.717, 1.165) is 12.0 Å². The van der Waals surface area contributed by atoms with Crippen LogP contribution in [0.4, 0.5) is 14.9 Å². The van der Waals surface area contributed by atoms with Crippen molar-refractivity contribution in [2.75, 3.05) is 18.4 Å². The van der Waals surface area contributed by atoms with Crippen molar-refractivity contribution in [1.82, 2.24) is 10.2 Å². The summed E-state index contributed by atoms with van der Waals surface area (Å²) < 4.78 is 13.0. The monoisotopic (exact) mass is 403 g/mol. The van der Waals surface area contributed by atoms with Crippen molar-refractivity contribution in [3.8, 4) is 0 Å². The van der Waals surface area contributed by atoms with Crippen LogP contribution in [0.25, 0.3) is 0 Å². The molecule has 5 nitrogen and oxygen atoms in total. The molecule has 1 aliphatic heterocycles. The molecule has 1 saturated heterocycles. The van der Waals surface area contributed by atoms with Crippen molar-refractivity contribution in [2.45, 2.75) is 26.3 Å². The molecule has 3 amide bonds. The fraction of sp³-hybridized carbons (Fsp3) is 0.333. The van der Waals surface area contributed by atoms with Gasteiger partial charge in [-0.25, -0.2) is 9.18 Å². The number of urea groups is 1. The molecule has 0 radical (unpaired) electrons. The van der Waals surface area contributed by atoms with E-state index in [1.54, 1.807) is 41.3 Å². The zero-order chi connectivity index (χ0) is 20.1. The van der Waals surface area contributed by atoms with Gasteiger partial charge in [0.15, 0.2) is 0 Å². The molecule has 0 spiro atoms. The van der Waals surface area contributed by atoms with Crippen molar-refractivity contribution >= 4 is 29.2 Å². The SMILES string of the molecule is C[C@@]1(C(=O)NCc2ccc(F)cc2)CCCN(C(=O)Nc2cccc(Cl)c2)C1. The Hall–Kier alpha value is -2.60. The van der Waals surface area contributed by atoms with Gasteiger partial charge >= 0.3 is 6.03 Å². The van der Waals surface area contributed by atoms with Crippen LogP contribution in [0, 0.1) is 11.2 Å². The van der Waals surface area contributed by atoms with Gasteiger partial charge < -0.3 is 15.5 Å². The molecule has 1 atom stereocenters. The van der Waals surface area contributed by atoms with Crippen LogP contribution in [0.2, 0.25) is 5.02 Å². The van der Waals surface area contributed by atoms with Gasteiger partial charge in [0.05, 0.1) is 5.41 Å². The number of likely N-dealkylation sites (tertiary alicyclic amines) is 1. The highest BCUT2D eigenvalue weighted by Crippen LogP contribution is 2.30. The molecule has 0 saturated carbocycles. The van der Waals surface area contributed by atoms with Gasteiger partial charge in [0.1, 0.15) is 5.82 Å². The van der Waals surface area contributed by atoms with E-state index >= 15 is 0 Å². The molecule has 0 unspecified atom stereocenters. The topological polar surface area (TPSA) is 61.4 Å². The van der Waals surface area contributed by atoms with Gasteiger partial charge in [0.25, 0.3) is 0 Å². The molecule has 1 aliphatic rings. The summed E-state index contributed by atoms with van der Waals surface area (Å²) in [5, 5.41) is 6.28. The number of piperidine rings is 1. The number of halogens is 2. The number of carbonyl (C=O) groups is 2. The molecule has 28 heavy (non-hydrogen) atoms. The summed E-state index contributed by atoms with van der Waals surface area (Å²) in [4.78, 5) is 27.0. The maximum atomic E-state index is 13.0. The highest BCUT2D eigenvalue weighted by atomic mass is 35.5. The van der Waals surface area contributed by atoms with Crippen molar-refractivity contribution in [3.63, 3.8) is 0 Å². The van der Waals surface area contributed by atoms with Crippen LogP contribution in [-0.2, 0) is 11.3 Å². The van der Waals surface area contributed by atoms with E-state index in [-0.39, 0.29) is 17.8 Å². The van der Waals surface area contributed by atoms with Gasteiger partial charge in [-0.3, -0.25) is 4.79 Å². The molecule has 0 bridgehead atoms. The molecule has 1 fully saturated rings. The first-order valence-electron chi connectivity index (χ1n) is 9.20. The summed E-state index contributed by atoms with van der Waals surface area (Å²) in [5.74, 6) is -0.423. The van der Waals surface area contributed by atoms with Gasteiger partial charge in [-0.1, -0.05) is 29.8 Å². The smallest absolute Gasteiger partial charge is 0.321 e. The van der Waals surface area contributed by atoms with Crippen molar-refractivity contribution < 1.29 is 14.0 Å². The minimum atomic E-state index is -0.677. The standard InChI is InChI=1S/C21H23ClFN3O2/c1-21(19(27)24-13-15-6-8-17(23)9-7-15)10-3-11-26(14-21)20(28)25-18-5-2-4-16(22)12-18/h2,4-9,12H,3,10-11,13-14H2,1H3,(H,24,27)(H,25,28)/t21-/m1/s1. The highest BCUT2D eigenvalue weighted by molar-refractivity contribution is 6.30. The second-order valence-electron chi connectivity index (χ2n) is 7.34. The van der Waals surface area contributed by atoms with Crippen LogP contribution in [-0.4, -0.2) is 29.9 Å². The lowest BCUT2D eigenvalue weighted by Gasteiger charge is -2.39. The molecule has 2 N–H and O–H groups in total. The van der Waals surface area contributed by atoms with Crippen LogP contribution >= 0.6 is 11.6 Å². The number of rotatable bonds is 4. The Morgan fingerprint density at radius 3 is 2.68 bits per heavy atom. The number of benzene rings is 2. The number of anilines is 1. The molecule has 0 aromatic heterocycles. The second kappa shape index (κ2) is 8.61. The number of carbonyl (C=O) groups excluding carboxylic acids is 2. The lowest BCUT2D eigenvalue weighted by molar-refractivity contribution is -0.132. The summed E-state index contributed by atoms with van der Waals surface area (Å²) in [5.41, 5.74) is 0.763. The molecule has 0 aliphatic carbocycles. The number of nitrogens with one attached hydrogen (secondary N) is 2. The molecule has 1 heterocycles. The van der Waals surface area contributed by atoms with Crippen LogP contribution < -0.4 is 10.6 Å². The Morgan fingerprint density at radius 1 is 1.21 bits per heavy atom. The third kappa shape index (κ3) is 5.01. The summed E-state index contributed by atoms with van der Waals surface area (Å²) in [6.45, 7) is 3.11. The van der Waals surface area contributed by atoms with Gasteiger partial charge in [0.2, 0.25) is 5.91 Å². The van der Waals surface area contributed by atoms with Gasteiger partial charge in [-0.05, 0) is 55.7 Å². The van der Waals surface area contributed by atoms with E-state index in [1.807, 2.05) is 6.92 Å². The van der Waals surface area contributed by atoms with E-state index in [2.05, 4.69) is 10.6 Å². The Bertz CT molecular complexity index is 859. The summed E-state index contributed by atoms with van der Waals surface area (Å²) >= 11 is 5.96. The average Bonchev–Trinajstić information content (AvgIpc) is 2.67. The second-order valence-corrected chi connectivity index (χ2v) is 7.77. The fourth-order valence-electron chi connectivity index (χ4n) is 3.36. The molecular formula is C21H23ClFN3O2. The first-order chi connectivity index (χ1) is 13.4. The molecule has 7 heteroatoms. The molecular weight excluding hydrogens is 381 g/mol. The van der Waals surface area contributed by atoms with Crippen molar-refractivity contribution in [3.05, 3.63) is 64.9 Å². The van der Waals surface area contributed by atoms with Gasteiger partial charge in [0, 0.05) is 30.3 Å². The molecule has 3 rings (SSSR count). The van der Waals surface area contributed by atoms with E-state index in [0.29, 0.717) is 36.8 Å². The highest BCUT2D eigenvalue weighted by Gasteiger charge is 2.39. The Morgan fingerprint density at radius 2 is 1.96 bits per heavy atom. The van der Waals surface area contributed by atoms with Crippen LogP contribution in [0.3, 0.4) is 0 Å². The first-order valence-corrected chi connectivity index (χ1v) is 9.58. The minimum Gasteiger partial charge on any atom is -0.351 e. The normalized spacial score (nSPS) is 19.2. The van der Waals surface area contributed by atoms with Crippen LogP contribution in [0.15, 0.2) is 48.5 Å². The van der Waals surface area contributed by atoms with Gasteiger partial charge in [-0.15, -0.1) is 0 Å². The molecule has 2 aromatic carbocycles. The third-order valence-electron chi connectivity index (χ3n) is 4.97. The van der Waals surface area contributed by atoms with Crippen LogP contribution in [0.1, 0.15) is 25.3 Å². The number of hydrogen-bond donors (Lipinski definition) is 2. The predicted molar refractivity (Wildman–Crippen MR) is 108 cm³/mol. The Kier molecular flexibility index (Phi) is 6.19. The van der Waals surface area contributed by atoms with Gasteiger partial charge in [-0.2, -0.15) is 0 Å². The first kappa shape index (κ1) is 20.1. The quantitative estimate of drug-likeness (QED) is 0.793. The largest absolute Gasteiger partial charge is 0.351 e. The lowest BCUT2D eigenvalue weighted by Crippen LogP contribution is -2.52. The predicted octanol–water partition coefficient (Wildman–Crippen LogP) is 4.43. The molecule has 148 valence electrons. The van der Waals surface area contributed by atoms with E-state index in [1.165, 1.54) is 12.1 Å². The minimum absolute atomic E-state index is 0.114. The van der Waals surface area contributed by atoms with Crippen LogP contribution in [0.5, 0.6) is 0 Å². The molecule has 2 aromatic rings. The number of hydrogen-bond acceptors (Lipinski definition) is 2.